The number of ether oxygens (including phenoxy) is 2. The molecule has 142 valence electrons. The normalized spacial score (nSPS) is 25.6. The van der Waals surface area contributed by atoms with E-state index in [0.717, 1.165) is 63.2 Å². The van der Waals surface area contributed by atoms with E-state index in [9.17, 15) is 0 Å². The van der Waals surface area contributed by atoms with E-state index < -0.39 is 0 Å². The Kier molecular flexibility index (Phi) is 5.37. The molecule has 8 heteroatoms. The molecule has 2 fully saturated rings. The third kappa shape index (κ3) is 4.32. The van der Waals surface area contributed by atoms with Crippen molar-refractivity contribution >= 4 is 11.3 Å². The number of hydrogen-bond donors (Lipinski definition) is 0. The largest absolute Gasteiger partial charge is 0.377 e. The van der Waals surface area contributed by atoms with Crippen LogP contribution in [0.25, 0.3) is 0 Å². The van der Waals surface area contributed by atoms with Crippen LogP contribution in [-0.4, -0.2) is 76.2 Å². The third-order valence-corrected chi connectivity index (χ3v) is 5.80. The average molecular weight is 378 g/mol. The molecule has 2 aromatic heterocycles. The first-order valence-corrected chi connectivity index (χ1v) is 10.0. The van der Waals surface area contributed by atoms with Gasteiger partial charge in [-0.15, -0.1) is 11.3 Å². The summed E-state index contributed by atoms with van der Waals surface area (Å²) in [6.45, 7) is 9.61. The lowest BCUT2D eigenvalue weighted by Crippen LogP contribution is -2.58. The Labute approximate surface area is 158 Å². The second kappa shape index (κ2) is 7.74. The van der Waals surface area contributed by atoms with Gasteiger partial charge in [0.25, 0.3) is 0 Å². The molecule has 0 aromatic carbocycles. The van der Waals surface area contributed by atoms with Gasteiger partial charge in [-0.2, -0.15) is 5.10 Å². The molecule has 4 heterocycles. The number of nitrogens with zero attached hydrogens (tertiary/aromatic N) is 5. The molecular weight excluding hydrogens is 350 g/mol. The van der Waals surface area contributed by atoms with Gasteiger partial charge in [0.05, 0.1) is 36.7 Å². The minimum Gasteiger partial charge on any atom is -0.377 e. The van der Waals surface area contributed by atoms with E-state index in [1.807, 2.05) is 17.9 Å². The monoisotopic (exact) mass is 377 g/mol. The van der Waals surface area contributed by atoms with Crippen molar-refractivity contribution < 1.29 is 9.47 Å². The van der Waals surface area contributed by atoms with Crippen LogP contribution in [0.5, 0.6) is 0 Å². The zero-order chi connectivity index (χ0) is 18.0. The SMILES string of the molecule is Cc1nc(CN2CCOC[C@]3(CN(Cc4cnn(C)c4)CCO3)C2)cs1. The Balaban J connectivity index is 1.42. The second-order valence-corrected chi connectivity index (χ2v) is 8.45. The van der Waals surface area contributed by atoms with Crippen LogP contribution < -0.4 is 0 Å². The molecule has 0 unspecified atom stereocenters. The van der Waals surface area contributed by atoms with Crippen LogP contribution >= 0.6 is 11.3 Å². The number of hydrogen-bond acceptors (Lipinski definition) is 7. The molecule has 0 aliphatic carbocycles. The van der Waals surface area contributed by atoms with Gasteiger partial charge < -0.3 is 9.47 Å². The Bertz CT molecular complexity index is 733. The summed E-state index contributed by atoms with van der Waals surface area (Å²) in [5.41, 5.74) is 2.13. The summed E-state index contributed by atoms with van der Waals surface area (Å²) in [5, 5.41) is 7.56. The summed E-state index contributed by atoms with van der Waals surface area (Å²) >= 11 is 1.71. The summed E-state index contributed by atoms with van der Waals surface area (Å²) in [7, 11) is 1.96. The van der Waals surface area contributed by atoms with Gasteiger partial charge in [0.1, 0.15) is 5.60 Å². The van der Waals surface area contributed by atoms with E-state index in [0.29, 0.717) is 6.61 Å². The van der Waals surface area contributed by atoms with Crippen LogP contribution in [0.2, 0.25) is 0 Å². The molecule has 26 heavy (non-hydrogen) atoms. The maximum Gasteiger partial charge on any atom is 0.117 e. The molecule has 4 rings (SSSR count). The van der Waals surface area contributed by atoms with Crippen molar-refractivity contribution in [2.75, 3.05) is 46.0 Å². The van der Waals surface area contributed by atoms with Gasteiger partial charge in [-0.25, -0.2) is 4.98 Å². The second-order valence-electron chi connectivity index (χ2n) is 7.39. The molecule has 0 amide bonds. The van der Waals surface area contributed by atoms with Gasteiger partial charge in [-0.05, 0) is 6.92 Å². The fourth-order valence-corrected chi connectivity index (χ4v) is 4.49. The first-order valence-electron chi connectivity index (χ1n) is 9.15. The first kappa shape index (κ1) is 18.1. The van der Waals surface area contributed by atoms with E-state index in [-0.39, 0.29) is 5.60 Å². The third-order valence-electron chi connectivity index (χ3n) is 4.97. The predicted octanol–water partition coefficient (Wildman–Crippen LogP) is 1.29. The Hall–Kier alpha value is -1.32. The van der Waals surface area contributed by atoms with Crippen LogP contribution in [0.15, 0.2) is 17.8 Å². The molecule has 7 nitrogen and oxygen atoms in total. The van der Waals surface area contributed by atoms with Gasteiger partial charge >= 0.3 is 0 Å². The molecule has 1 atom stereocenters. The first-order chi connectivity index (χ1) is 12.6. The van der Waals surface area contributed by atoms with E-state index in [4.69, 9.17) is 9.47 Å². The van der Waals surface area contributed by atoms with Crippen molar-refractivity contribution in [1.82, 2.24) is 24.6 Å². The summed E-state index contributed by atoms with van der Waals surface area (Å²) in [5.74, 6) is 0. The zero-order valence-electron chi connectivity index (χ0n) is 15.6. The van der Waals surface area contributed by atoms with Crippen LogP contribution in [0.3, 0.4) is 0 Å². The Morgan fingerprint density at radius 1 is 1.19 bits per heavy atom. The molecule has 2 aromatic rings. The lowest BCUT2D eigenvalue weighted by Gasteiger charge is -2.43. The highest BCUT2D eigenvalue weighted by Gasteiger charge is 2.40. The molecule has 2 saturated heterocycles. The summed E-state index contributed by atoms with van der Waals surface area (Å²) < 4.78 is 14.1. The highest BCUT2D eigenvalue weighted by molar-refractivity contribution is 7.09. The minimum atomic E-state index is -0.262. The summed E-state index contributed by atoms with van der Waals surface area (Å²) in [4.78, 5) is 9.50. The van der Waals surface area contributed by atoms with Gasteiger partial charge in [-0.1, -0.05) is 0 Å². The van der Waals surface area contributed by atoms with Crippen LogP contribution in [-0.2, 0) is 29.6 Å². The molecule has 2 aliphatic rings. The average Bonchev–Trinajstić information content (AvgIpc) is 3.14. The van der Waals surface area contributed by atoms with Crippen molar-refractivity contribution in [1.29, 1.82) is 0 Å². The fourth-order valence-electron chi connectivity index (χ4n) is 3.88. The maximum absolute atomic E-state index is 6.29. The minimum absolute atomic E-state index is 0.262. The van der Waals surface area contributed by atoms with Crippen molar-refractivity contribution in [3.63, 3.8) is 0 Å². The Morgan fingerprint density at radius 3 is 2.73 bits per heavy atom. The van der Waals surface area contributed by atoms with Gasteiger partial charge in [0, 0.05) is 63.5 Å². The summed E-state index contributed by atoms with van der Waals surface area (Å²) in [6.07, 6.45) is 4.03. The molecule has 2 aliphatic heterocycles. The van der Waals surface area contributed by atoms with Crippen LogP contribution in [0, 0.1) is 6.92 Å². The van der Waals surface area contributed by atoms with Gasteiger partial charge in [0.2, 0.25) is 0 Å². The van der Waals surface area contributed by atoms with Gasteiger partial charge in [-0.3, -0.25) is 14.5 Å². The lowest BCUT2D eigenvalue weighted by atomic mass is 10.0. The lowest BCUT2D eigenvalue weighted by molar-refractivity contribution is -0.143. The number of aryl methyl sites for hydroxylation is 2. The van der Waals surface area contributed by atoms with Crippen LogP contribution in [0.1, 0.15) is 16.3 Å². The standard InChI is InChI=1S/C18H27N5O2S/c1-15-20-17(11-26-15)10-23-3-5-24-14-18(13-23)12-22(4-6-25-18)9-16-7-19-21(2)8-16/h7-8,11H,3-6,9-10,12-14H2,1-2H3/t18-/m0/s1. The smallest absolute Gasteiger partial charge is 0.117 e. The number of aromatic nitrogens is 3. The maximum atomic E-state index is 6.29. The van der Waals surface area contributed by atoms with E-state index >= 15 is 0 Å². The highest BCUT2D eigenvalue weighted by Crippen LogP contribution is 2.25. The van der Waals surface area contributed by atoms with E-state index in [1.165, 1.54) is 5.56 Å². The van der Waals surface area contributed by atoms with Gasteiger partial charge in [0.15, 0.2) is 0 Å². The molecule has 1 spiro atoms. The van der Waals surface area contributed by atoms with Crippen molar-refractivity contribution in [2.24, 2.45) is 7.05 Å². The predicted molar refractivity (Wildman–Crippen MR) is 100 cm³/mol. The number of thiazole rings is 1. The van der Waals surface area contributed by atoms with Crippen LogP contribution in [0.4, 0.5) is 0 Å². The zero-order valence-corrected chi connectivity index (χ0v) is 16.4. The quantitative estimate of drug-likeness (QED) is 0.800. The molecule has 0 bridgehead atoms. The van der Waals surface area contributed by atoms with E-state index in [2.05, 4.69) is 38.4 Å². The van der Waals surface area contributed by atoms with Crippen molar-refractivity contribution in [3.8, 4) is 0 Å². The highest BCUT2D eigenvalue weighted by atomic mass is 32.1. The molecule has 0 N–H and O–H groups in total. The fraction of sp³-hybridized carbons (Fsp3) is 0.667. The summed E-state index contributed by atoms with van der Waals surface area (Å²) in [6, 6.07) is 0. The van der Waals surface area contributed by atoms with E-state index in [1.54, 1.807) is 11.3 Å². The van der Waals surface area contributed by atoms with Crippen molar-refractivity contribution in [2.45, 2.75) is 25.6 Å². The number of rotatable bonds is 4. The Morgan fingerprint density at radius 2 is 2.00 bits per heavy atom. The van der Waals surface area contributed by atoms with Crippen molar-refractivity contribution in [3.05, 3.63) is 34.0 Å². The molecular formula is C18H27N5O2S. The number of morpholine rings is 1. The molecule has 0 saturated carbocycles. The molecule has 0 radical (unpaired) electrons. The topological polar surface area (TPSA) is 55.7 Å².